The fraction of sp³-hybridized carbons (Fsp3) is 0.444. The second-order valence-corrected chi connectivity index (χ2v) is 10.3. The van der Waals surface area contributed by atoms with Gasteiger partial charge in [0.05, 0.1) is 31.0 Å². The molecule has 0 radical (unpaired) electrons. The molecule has 41 heavy (non-hydrogen) atoms. The van der Waals surface area contributed by atoms with Gasteiger partial charge in [0, 0.05) is 44.6 Å². The van der Waals surface area contributed by atoms with Crippen molar-refractivity contribution in [2.75, 3.05) is 38.8 Å². The third kappa shape index (κ3) is 6.26. The lowest BCUT2D eigenvalue weighted by molar-refractivity contribution is -0.126. The first-order valence-corrected chi connectivity index (χ1v) is 13.7. The van der Waals surface area contributed by atoms with Crippen LogP contribution >= 0.6 is 11.6 Å². The molecule has 2 aliphatic rings. The highest BCUT2D eigenvalue weighted by Crippen LogP contribution is 2.28. The summed E-state index contributed by atoms with van der Waals surface area (Å²) in [5.74, 6) is -0.704. The van der Waals surface area contributed by atoms with Crippen LogP contribution in [-0.4, -0.2) is 86.9 Å². The van der Waals surface area contributed by atoms with Gasteiger partial charge in [0.25, 0.3) is 5.91 Å². The van der Waals surface area contributed by atoms with E-state index >= 15 is 0 Å². The Bertz CT molecular complexity index is 1430. The molecular weight excluding hydrogens is 557 g/mol. The lowest BCUT2D eigenvalue weighted by Crippen LogP contribution is -2.52. The summed E-state index contributed by atoms with van der Waals surface area (Å²) in [5, 5.41) is 16.2. The van der Waals surface area contributed by atoms with Crippen LogP contribution in [0.2, 0.25) is 5.02 Å². The van der Waals surface area contributed by atoms with Crippen molar-refractivity contribution in [2.24, 2.45) is 0 Å². The molecule has 2 aliphatic heterocycles. The quantitative estimate of drug-likeness (QED) is 0.344. The maximum absolute atomic E-state index is 14.0. The van der Waals surface area contributed by atoms with Crippen LogP contribution in [0.3, 0.4) is 0 Å². The molecule has 0 unspecified atom stereocenters. The molecule has 1 saturated heterocycles. The number of rotatable bonds is 9. The van der Waals surface area contributed by atoms with Gasteiger partial charge < -0.3 is 34.7 Å². The number of ether oxygens (including phenoxy) is 2. The molecule has 1 fully saturated rings. The van der Waals surface area contributed by atoms with Crippen molar-refractivity contribution in [3.05, 3.63) is 52.8 Å². The molecule has 12 nitrogen and oxygen atoms in total. The summed E-state index contributed by atoms with van der Waals surface area (Å²) < 4.78 is 26.2. The maximum Gasteiger partial charge on any atom is 0.290 e. The molecular formula is C27H31ClFN7O5. The van der Waals surface area contributed by atoms with Crippen molar-refractivity contribution in [1.29, 1.82) is 0 Å². The molecule has 2 atom stereocenters. The lowest BCUT2D eigenvalue weighted by Gasteiger charge is -2.32. The van der Waals surface area contributed by atoms with Crippen LogP contribution in [-0.2, 0) is 16.1 Å². The van der Waals surface area contributed by atoms with Crippen molar-refractivity contribution in [3.8, 4) is 17.1 Å². The van der Waals surface area contributed by atoms with Crippen molar-refractivity contribution in [3.63, 3.8) is 0 Å². The number of amides is 2. The van der Waals surface area contributed by atoms with Crippen molar-refractivity contribution in [2.45, 2.75) is 44.4 Å². The predicted octanol–water partition coefficient (Wildman–Crippen LogP) is 2.43. The highest BCUT2D eigenvalue weighted by Gasteiger charge is 2.34. The van der Waals surface area contributed by atoms with Crippen LogP contribution in [0.4, 0.5) is 10.3 Å². The number of halogens is 2. The maximum atomic E-state index is 14.0. The molecule has 0 aliphatic carbocycles. The van der Waals surface area contributed by atoms with Crippen LogP contribution in [0.5, 0.6) is 5.75 Å². The highest BCUT2D eigenvalue weighted by molar-refractivity contribution is 6.32. The molecule has 0 saturated carbocycles. The van der Waals surface area contributed by atoms with Crippen LogP contribution < -0.4 is 15.4 Å². The molecule has 3 aromatic rings. The number of methoxy groups -OCH3 is 1. The molecule has 14 heteroatoms. The molecule has 0 bridgehead atoms. The molecule has 218 valence electrons. The zero-order chi connectivity index (χ0) is 29.1. The Hall–Kier alpha value is -3.81. The summed E-state index contributed by atoms with van der Waals surface area (Å²) in [7, 11) is 1.40. The third-order valence-electron chi connectivity index (χ3n) is 7.23. The minimum absolute atomic E-state index is 0.146. The fourth-order valence-electron chi connectivity index (χ4n) is 4.90. The largest absolute Gasteiger partial charge is 0.497 e. The second-order valence-electron chi connectivity index (χ2n) is 9.91. The van der Waals surface area contributed by atoms with Gasteiger partial charge in [-0.2, -0.15) is 0 Å². The summed E-state index contributed by atoms with van der Waals surface area (Å²) in [5.41, 5.74) is 1.14. The van der Waals surface area contributed by atoms with Gasteiger partial charge in [-0.1, -0.05) is 11.6 Å². The van der Waals surface area contributed by atoms with E-state index in [2.05, 4.69) is 25.6 Å². The molecule has 5 rings (SSSR count). The standard InChI is InChI=1S/C27H31ClFN7O5/c1-15(25(38)33-22(14-37)16-9-17(29)11-19(10-16)40-2)36-6-5-35-13-21(32-24(35)26(36)39)23-20(28)12-30-27(34-23)31-18-3-7-41-8-4-18/h9-13,15,18,22,37H,3-8,14H2,1-2H3,(H,33,38)(H,30,31,34)/t15-,22+/m0/s1. The number of anilines is 1. The number of imidazole rings is 1. The number of aliphatic hydroxyl groups is 1. The number of carbonyl (C=O) groups is 2. The summed E-state index contributed by atoms with van der Waals surface area (Å²) in [6.07, 6.45) is 4.88. The van der Waals surface area contributed by atoms with Crippen LogP contribution in [0.25, 0.3) is 11.4 Å². The minimum atomic E-state index is -0.896. The van der Waals surface area contributed by atoms with E-state index in [0.717, 1.165) is 12.8 Å². The SMILES string of the molecule is COc1cc(F)cc([C@@H](CO)NC(=O)[C@H](C)N2CCn3cc(-c4nc(NC5CCOCC5)ncc4Cl)nc3C2=O)c1. The fourth-order valence-corrected chi connectivity index (χ4v) is 5.09. The average Bonchev–Trinajstić information content (AvgIpc) is 3.42. The third-order valence-corrected chi connectivity index (χ3v) is 7.51. The molecule has 0 spiro atoms. The van der Waals surface area contributed by atoms with Crippen molar-refractivity contribution < 1.29 is 28.6 Å². The Morgan fingerprint density at radius 3 is 2.78 bits per heavy atom. The van der Waals surface area contributed by atoms with E-state index in [9.17, 15) is 19.1 Å². The van der Waals surface area contributed by atoms with Crippen molar-refractivity contribution in [1.82, 2.24) is 29.7 Å². The van der Waals surface area contributed by atoms with Crippen LogP contribution in [0.1, 0.15) is 42.0 Å². The summed E-state index contributed by atoms with van der Waals surface area (Å²) in [4.78, 5) is 41.3. The number of hydrogen-bond acceptors (Lipinski definition) is 9. The molecule has 2 amide bonds. The first-order chi connectivity index (χ1) is 19.8. The topological polar surface area (TPSA) is 144 Å². The first-order valence-electron chi connectivity index (χ1n) is 13.3. The average molecular weight is 588 g/mol. The van der Waals surface area contributed by atoms with E-state index in [1.165, 1.54) is 36.4 Å². The van der Waals surface area contributed by atoms with E-state index in [1.54, 1.807) is 17.7 Å². The minimum Gasteiger partial charge on any atom is -0.497 e. The number of nitrogens with one attached hydrogen (secondary N) is 2. The molecule has 3 N–H and O–H groups in total. The predicted molar refractivity (Wildman–Crippen MR) is 147 cm³/mol. The van der Waals surface area contributed by atoms with Crippen molar-refractivity contribution >= 4 is 29.4 Å². The lowest BCUT2D eigenvalue weighted by atomic mass is 10.1. The van der Waals surface area contributed by atoms with E-state index in [-0.39, 0.29) is 24.2 Å². The Morgan fingerprint density at radius 2 is 2.05 bits per heavy atom. The van der Waals surface area contributed by atoms with Gasteiger partial charge in [0.15, 0.2) is 5.82 Å². The number of fused-ring (bicyclic) bond motifs is 1. The Morgan fingerprint density at radius 1 is 1.27 bits per heavy atom. The Balaban J connectivity index is 1.30. The number of carbonyl (C=O) groups excluding carboxylic acids is 2. The van der Waals surface area contributed by atoms with Gasteiger partial charge >= 0.3 is 0 Å². The van der Waals surface area contributed by atoms with E-state index in [4.69, 9.17) is 21.1 Å². The Kier molecular flexibility index (Phi) is 8.66. The number of aromatic nitrogens is 4. The number of benzene rings is 1. The van der Waals surface area contributed by atoms with Gasteiger partial charge in [-0.25, -0.2) is 19.3 Å². The first kappa shape index (κ1) is 28.7. The normalized spacial score (nSPS) is 17.1. The van der Waals surface area contributed by atoms with E-state index in [0.29, 0.717) is 47.7 Å². The van der Waals surface area contributed by atoms with Gasteiger partial charge in [0.2, 0.25) is 11.9 Å². The highest BCUT2D eigenvalue weighted by atomic mass is 35.5. The zero-order valence-electron chi connectivity index (χ0n) is 22.6. The summed E-state index contributed by atoms with van der Waals surface area (Å²) in [6.45, 7) is 3.09. The number of aliphatic hydroxyl groups excluding tert-OH is 1. The number of hydrogen-bond donors (Lipinski definition) is 3. The molecule has 2 aromatic heterocycles. The van der Waals surface area contributed by atoms with E-state index < -0.39 is 36.3 Å². The van der Waals surface area contributed by atoms with Crippen LogP contribution in [0, 0.1) is 5.82 Å². The second kappa shape index (κ2) is 12.4. The van der Waals surface area contributed by atoms with Gasteiger partial charge in [0.1, 0.15) is 29.0 Å². The Labute approximate surface area is 240 Å². The molecule has 1 aromatic carbocycles. The smallest absolute Gasteiger partial charge is 0.290 e. The monoisotopic (exact) mass is 587 g/mol. The van der Waals surface area contributed by atoms with E-state index in [1.807, 2.05) is 0 Å². The summed E-state index contributed by atoms with van der Waals surface area (Å²) in [6, 6.07) is 2.34. The number of nitrogens with zero attached hydrogens (tertiary/aromatic N) is 5. The summed E-state index contributed by atoms with van der Waals surface area (Å²) >= 11 is 6.41. The zero-order valence-corrected chi connectivity index (χ0v) is 23.4. The molecule has 4 heterocycles. The van der Waals surface area contributed by atoms with Gasteiger partial charge in [-0.05, 0) is 37.5 Å². The van der Waals surface area contributed by atoms with Gasteiger partial charge in [-0.15, -0.1) is 0 Å². The van der Waals surface area contributed by atoms with Crippen LogP contribution in [0.15, 0.2) is 30.6 Å². The van der Waals surface area contributed by atoms with Gasteiger partial charge in [-0.3, -0.25) is 9.59 Å².